The molecule has 3 heteroatoms. The second-order valence-electron chi connectivity index (χ2n) is 2.09. The van der Waals surface area contributed by atoms with Crippen LogP contribution in [0.5, 0.6) is 0 Å². The number of hydrogen-bond acceptors (Lipinski definition) is 3. The lowest BCUT2D eigenvalue weighted by Crippen LogP contribution is -2.10. The maximum atomic E-state index is 10.6. The molecule has 0 bridgehead atoms. The summed E-state index contributed by atoms with van der Waals surface area (Å²) in [6.07, 6.45) is 4.89. The van der Waals surface area contributed by atoms with Crippen LogP contribution >= 0.6 is 0 Å². The topological polar surface area (TPSA) is 43.4 Å². The highest BCUT2D eigenvalue weighted by molar-refractivity contribution is 5.92. The Morgan fingerprint density at radius 2 is 2.20 bits per heavy atom. The van der Waals surface area contributed by atoms with Gasteiger partial charge in [-0.05, 0) is 12.8 Å². The highest BCUT2D eigenvalue weighted by Gasteiger charge is 2.08. The Kier molecular flexibility index (Phi) is 2.20. The Labute approximate surface area is 58.7 Å². The van der Waals surface area contributed by atoms with Crippen molar-refractivity contribution >= 4 is 11.9 Å². The van der Waals surface area contributed by atoms with Gasteiger partial charge in [-0.2, -0.15) is 0 Å². The van der Waals surface area contributed by atoms with E-state index in [0.29, 0.717) is 6.42 Å². The number of carbonyl (C=O) groups excluding carboxylic acids is 2. The summed E-state index contributed by atoms with van der Waals surface area (Å²) in [5.41, 5.74) is 0. The Hall–Kier alpha value is -1.12. The van der Waals surface area contributed by atoms with Crippen LogP contribution < -0.4 is 0 Å². The maximum Gasteiger partial charge on any atom is 0.338 e. The Morgan fingerprint density at radius 1 is 1.40 bits per heavy atom. The van der Waals surface area contributed by atoms with Crippen molar-refractivity contribution < 1.29 is 14.3 Å². The number of esters is 2. The molecule has 0 unspecified atom stereocenters. The molecule has 0 aliphatic carbocycles. The molecule has 54 valence electrons. The van der Waals surface area contributed by atoms with Crippen LogP contribution in [0.15, 0.2) is 12.2 Å². The average Bonchev–Trinajstić information content (AvgIpc) is 1.83. The first-order chi connectivity index (χ1) is 4.79. The monoisotopic (exact) mass is 140 g/mol. The molecule has 0 spiro atoms. The lowest BCUT2D eigenvalue weighted by Gasteiger charge is -2.01. The van der Waals surface area contributed by atoms with Crippen LogP contribution in [0.25, 0.3) is 0 Å². The normalized spacial score (nSPS) is 22.8. The lowest BCUT2D eigenvalue weighted by molar-refractivity contribution is -0.156. The molecule has 0 N–H and O–H groups in total. The zero-order valence-corrected chi connectivity index (χ0v) is 5.50. The van der Waals surface area contributed by atoms with E-state index in [0.717, 1.165) is 12.8 Å². The third-order valence-corrected chi connectivity index (χ3v) is 1.22. The van der Waals surface area contributed by atoms with Gasteiger partial charge < -0.3 is 4.74 Å². The van der Waals surface area contributed by atoms with E-state index in [9.17, 15) is 9.59 Å². The quantitative estimate of drug-likeness (QED) is 0.369. The van der Waals surface area contributed by atoms with E-state index < -0.39 is 11.9 Å². The fraction of sp³-hybridized carbons (Fsp3) is 0.429. The first kappa shape index (κ1) is 6.99. The largest absolute Gasteiger partial charge is 0.390 e. The summed E-state index contributed by atoms with van der Waals surface area (Å²) in [7, 11) is 0. The van der Waals surface area contributed by atoms with Gasteiger partial charge >= 0.3 is 11.9 Å². The van der Waals surface area contributed by atoms with Gasteiger partial charge in [-0.1, -0.05) is 6.08 Å². The van der Waals surface area contributed by atoms with Gasteiger partial charge in [-0.15, -0.1) is 0 Å². The molecule has 1 heterocycles. The SMILES string of the molecule is O=C1/C=C\CCCC(=O)O1. The van der Waals surface area contributed by atoms with Crippen LogP contribution in [0, 0.1) is 0 Å². The minimum atomic E-state index is -0.551. The molecule has 0 saturated heterocycles. The predicted molar refractivity (Wildman–Crippen MR) is 34.1 cm³/mol. The number of ether oxygens (including phenoxy) is 1. The van der Waals surface area contributed by atoms with E-state index in [1.54, 1.807) is 6.08 Å². The maximum absolute atomic E-state index is 10.6. The Bertz CT molecular complexity index is 181. The summed E-state index contributed by atoms with van der Waals surface area (Å²) in [4.78, 5) is 21.1. The molecule has 3 nitrogen and oxygen atoms in total. The number of allylic oxidation sites excluding steroid dienone is 1. The molecule has 0 fully saturated rings. The number of rotatable bonds is 0. The Balaban J connectivity index is 2.56. The van der Waals surface area contributed by atoms with Crippen molar-refractivity contribution in [3.8, 4) is 0 Å². The van der Waals surface area contributed by atoms with Crippen molar-refractivity contribution in [2.75, 3.05) is 0 Å². The molecule has 1 aliphatic rings. The summed E-state index contributed by atoms with van der Waals surface area (Å²) < 4.78 is 4.33. The highest BCUT2D eigenvalue weighted by Crippen LogP contribution is 2.02. The van der Waals surface area contributed by atoms with Crippen LogP contribution in [0.2, 0.25) is 0 Å². The molecule has 0 saturated carbocycles. The first-order valence-electron chi connectivity index (χ1n) is 3.20. The Morgan fingerprint density at radius 3 is 3.00 bits per heavy atom. The molecule has 0 atom stereocenters. The fourth-order valence-corrected chi connectivity index (χ4v) is 0.741. The van der Waals surface area contributed by atoms with E-state index in [4.69, 9.17) is 0 Å². The first-order valence-corrected chi connectivity index (χ1v) is 3.20. The third kappa shape index (κ3) is 2.01. The zero-order chi connectivity index (χ0) is 7.40. The summed E-state index contributed by atoms with van der Waals surface area (Å²) in [6, 6.07) is 0. The van der Waals surface area contributed by atoms with Crippen LogP contribution in [-0.4, -0.2) is 11.9 Å². The number of hydrogen-bond donors (Lipinski definition) is 0. The second-order valence-corrected chi connectivity index (χ2v) is 2.09. The van der Waals surface area contributed by atoms with Crippen LogP contribution in [-0.2, 0) is 14.3 Å². The van der Waals surface area contributed by atoms with Crippen molar-refractivity contribution in [1.82, 2.24) is 0 Å². The molecule has 0 aromatic carbocycles. The number of cyclic esters (lactones) is 2. The van der Waals surface area contributed by atoms with Gasteiger partial charge in [0.05, 0.1) is 0 Å². The summed E-state index contributed by atoms with van der Waals surface area (Å²) in [5.74, 6) is -0.973. The van der Waals surface area contributed by atoms with E-state index in [1.807, 2.05) is 0 Å². The molecular formula is C7H8O3. The van der Waals surface area contributed by atoms with Gasteiger partial charge in [0.15, 0.2) is 0 Å². The standard InChI is InChI=1S/C7H8O3/c8-6-4-2-1-3-5-7(9)10-6/h2,4H,1,3,5H2/b4-2-. The number of carbonyl (C=O) groups is 2. The summed E-state index contributed by atoms with van der Waals surface area (Å²) in [6.45, 7) is 0. The average molecular weight is 140 g/mol. The summed E-state index contributed by atoms with van der Waals surface area (Å²) in [5, 5.41) is 0. The van der Waals surface area contributed by atoms with Crippen molar-refractivity contribution in [3.05, 3.63) is 12.2 Å². The molecule has 0 aromatic rings. The van der Waals surface area contributed by atoms with Gasteiger partial charge in [0, 0.05) is 12.5 Å². The van der Waals surface area contributed by atoms with Crippen molar-refractivity contribution in [2.24, 2.45) is 0 Å². The van der Waals surface area contributed by atoms with Crippen LogP contribution in [0.1, 0.15) is 19.3 Å². The van der Waals surface area contributed by atoms with Crippen LogP contribution in [0.4, 0.5) is 0 Å². The van der Waals surface area contributed by atoms with Crippen molar-refractivity contribution in [2.45, 2.75) is 19.3 Å². The van der Waals surface area contributed by atoms with E-state index >= 15 is 0 Å². The predicted octanol–water partition coefficient (Wildman–Crippen LogP) is 0.796. The van der Waals surface area contributed by atoms with E-state index in [-0.39, 0.29) is 0 Å². The van der Waals surface area contributed by atoms with Crippen molar-refractivity contribution in [1.29, 1.82) is 0 Å². The molecule has 1 aliphatic heterocycles. The fourth-order valence-electron chi connectivity index (χ4n) is 0.741. The second kappa shape index (κ2) is 3.15. The zero-order valence-electron chi connectivity index (χ0n) is 5.50. The van der Waals surface area contributed by atoms with Crippen molar-refractivity contribution in [3.63, 3.8) is 0 Å². The van der Waals surface area contributed by atoms with Crippen LogP contribution in [0.3, 0.4) is 0 Å². The molecule has 10 heavy (non-hydrogen) atoms. The lowest BCUT2D eigenvalue weighted by atomic mass is 10.2. The van der Waals surface area contributed by atoms with Gasteiger partial charge in [-0.25, -0.2) is 4.79 Å². The molecule has 0 radical (unpaired) electrons. The van der Waals surface area contributed by atoms with Gasteiger partial charge in [0.25, 0.3) is 0 Å². The molecule has 0 amide bonds. The van der Waals surface area contributed by atoms with Gasteiger partial charge in [0.1, 0.15) is 0 Å². The van der Waals surface area contributed by atoms with E-state index in [2.05, 4.69) is 4.74 Å². The summed E-state index contributed by atoms with van der Waals surface area (Å²) >= 11 is 0. The minimum Gasteiger partial charge on any atom is -0.390 e. The van der Waals surface area contributed by atoms with Gasteiger partial charge in [-0.3, -0.25) is 4.79 Å². The molecular weight excluding hydrogens is 132 g/mol. The highest BCUT2D eigenvalue weighted by atomic mass is 16.6. The molecule has 1 rings (SSSR count). The van der Waals surface area contributed by atoms with Gasteiger partial charge in [0.2, 0.25) is 0 Å². The minimum absolute atomic E-state index is 0.343. The third-order valence-electron chi connectivity index (χ3n) is 1.22. The smallest absolute Gasteiger partial charge is 0.338 e. The molecule has 0 aromatic heterocycles. The van der Waals surface area contributed by atoms with E-state index in [1.165, 1.54) is 6.08 Å².